The van der Waals surface area contributed by atoms with Crippen LogP contribution in [-0.4, -0.2) is 22.3 Å². The average molecular weight is 327 g/mol. The van der Waals surface area contributed by atoms with E-state index in [9.17, 15) is 4.79 Å². The van der Waals surface area contributed by atoms with Crippen LogP contribution in [0.3, 0.4) is 0 Å². The number of benzene rings is 1. The number of aromatic nitrogens is 2. The molecule has 1 aromatic carbocycles. The maximum absolute atomic E-state index is 12.4. The molecule has 2 heterocycles. The highest BCUT2D eigenvalue weighted by molar-refractivity contribution is 7.13. The molecule has 0 saturated carbocycles. The van der Waals surface area contributed by atoms with Crippen LogP contribution in [0.4, 0.5) is 0 Å². The molecular weight excluding hydrogens is 310 g/mol. The molecule has 0 unspecified atom stereocenters. The Hall–Kier alpha value is -2.44. The Labute approximate surface area is 138 Å². The van der Waals surface area contributed by atoms with Gasteiger partial charge >= 0.3 is 0 Å². The number of amides is 1. The fourth-order valence-corrected chi connectivity index (χ4v) is 2.92. The molecular formula is C17H17N3O2S. The summed E-state index contributed by atoms with van der Waals surface area (Å²) in [5, 5.41) is 6.59. The van der Waals surface area contributed by atoms with Crippen LogP contribution >= 0.6 is 11.3 Å². The van der Waals surface area contributed by atoms with Gasteiger partial charge in [-0.3, -0.25) is 9.63 Å². The van der Waals surface area contributed by atoms with Gasteiger partial charge in [0, 0.05) is 0 Å². The number of rotatable bonds is 5. The normalized spacial score (nSPS) is 10.7. The summed E-state index contributed by atoms with van der Waals surface area (Å²) in [6, 6.07) is 13.6. The van der Waals surface area contributed by atoms with Gasteiger partial charge in [0.15, 0.2) is 0 Å². The molecule has 0 fully saturated rings. The molecule has 0 spiro atoms. The second-order valence-electron chi connectivity index (χ2n) is 5.01. The molecule has 0 aliphatic carbocycles. The van der Waals surface area contributed by atoms with Gasteiger partial charge in [-0.2, -0.15) is 5.10 Å². The third-order valence-electron chi connectivity index (χ3n) is 3.27. The smallest absolute Gasteiger partial charge is 0.274 e. The molecule has 23 heavy (non-hydrogen) atoms. The van der Waals surface area contributed by atoms with Crippen molar-refractivity contribution < 1.29 is 9.63 Å². The van der Waals surface area contributed by atoms with E-state index in [-0.39, 0.29) is 5.91 Å². The number of hydrogen-bond acceptors (Lipinski definition) is 4. The molecule has 3 rings (SSSR count). The highest BCUT2D eigenvalue weighted by Gasteiger charge is 2.18. The zero-order chi connectivity index (χ0) is 16.2. The van der Waals surface area contributed by atoms with Crippen LogP contribution in [0.15, 0.2) is 47.8 Å². The average Bonchev–Trinajstić information content (AvgIpc) is 3.21. The molecule has 0 bridgehead atoms. The third kappa shape index (κ3) is 3.33. The molecule has 2 aromatic heterocycles. The molecule has 1 amide bonds. The van der Waals surface area contributed by atoms with E-state index in [0.717, 1.165) is 21.8 Å². The summed E-state index contributed by atoms with van der Waals surface area (Å²) in [4.78, 5) is 18.4. The van der Waals surface area contributed by atoms with Crippen LogP contribution in [-0.2, 0) is 4.84 Å². The van der Waals surface area contributed by atoms with E-state index in [1.54, 1.807) is 22.1 Å². The highest BCUT2D eigenvalue weighted by Crippen LogP contribution is 2.26. The first-order chi connectivity index (χ1) is 11.2. The number of nitrogens with zero attached hydrogens (tertiary/aromatic N) is 2. The van der Waals surface area contributed by atoms with Crippen LogP contribution < -0.4 is 5.48 Å². The number of hydrogen-bond donors (Lipinski definition) is 1. The van der Waals surface area contributed by atoms with Gasteiger partial charge < -0.3 is 0 Å². The first kappa shape index (κ1) is 15.5. The van der Waals surface area contributed by atoms with Gasteiger partial charge in [-0.05, 0) is 49.1 Å². The molecule has 118 valence electrons. The Morgan fingerprint density at radius 1 is 1.30 bits per heavy atom. The van der Waals surface area contributed by atoms with Crippen molar-refractivity contribution in [2.75, 3.05) is 6.61 Å². The number of aryl methyl sites for hydroxylation is 1. The molecule has 0 atom stereocenters. The van der Waals surface area contributed by atoms with Crippen molar-refractivity contribution >= 4 is 17.2 Å². The van der Waals surface area contributed by atoms with Crippen LogP contribution in [0.2, 0.25) is 0 Å². The minimum absolute atomic E-state index is 0.316. The lowest BCUT2D eigenvalue weighted by atomic mass is 10.2. The minimum atomic E-state index is -0.316. The number of hydroxylamine groups is 1. The van der Waals surface area contributed by atoms with Gasteiger partial charge in [-0.25, -0.2) is 10.2 Å². The van der Waals surface area contributed by atoms with Crippen molar-refractivity contribution in [1.29, 1.82) is 0 Å². The van der Waals surface area contributed by atoms with Gasteiger partial charge in [-0.1, -0.05) is 18.2 Å². The monoisotopic (exact) mass is 327 g/mol. The first-order valence-corrected chi connectivity index (χ1v) is 8.20. The topological polar surface area (TPSA) is 56.1 Å². The minimum Gasteiger partial charge on any atom is -0.274 e. The summed E-state index contributed by atoms with van der Waals surface area (Å²) in [6.07, 6.45) is 0. The molecule has 0 saturated heterocycles. The van der Waals surface area contributed by atoms with Gasteiger partial charge in [0.05, 0.1) is 17.2 Å². The quantitative estimate of drug-likeness (QED) is 0.729. The Morgan fingerprint density at radius 2 is 2.17 bits per heavy atom. The van der Waals surface area contributed by atoms with E-state index < -0.39 is 0 Å². The molecule has 0 aliphatic rings. The summed E-state index contributed by atoms with van der Waals surface area (Å²) in [5.41, 5.74) is 5.59. The Morgan fingerprint density at radius 3 is 2.87 bits per heavy atom. The second kappa shape index (κ2) is 6.76. The van der Waals surface area contributed by atoms with Gasteiger partial charge in [0.25, 0.3) is 5.91 Å². The molecule has 5 nitrogen and oxygen atoms in total. The van der Waals surface area contributed by atoms with E-state index in [1.165, 1.54) is 0 Å². The zero-order valence-electron chi connectivity index (χ0n) is 12.9. The Balaban J connectivity index is 2.06. The SMILES string of the molecule is CCONC(=O)c1cc(-c2cccs2)nn1-c1cccc(C)c1. The van der Waals surface area contributed by atoms with E-state index in [1.807, 2.05) is 55.6 Å². The summed E-state index contributed by atoms with van der Waals surface area (Å²) in [6.45, 7) is 4.23. The van der Waals surface area contributed by atoms with Gasteiger partial charge in [0.1, 0.15) is 11.4 Å². The first-order valence-electron chi connectivity index (χ1n) is 7.32. The van der Waals surface area contributed by atoms with Crippen molar-refractivity contribution in [3.63, 3.8) is 0 Å². The standard InChI is InChI=1S/C17H17N3O2S/c1-3-22-19-17(21)15-11-14(16-8-5-9-23-16)18-20(15)13-7-4-6-12(2)10-13/h4-11H,3H2,1-2H3,(H,19,21). The summed E-state index contributed by atoms with van der Waals surface area (Å²) in [7, 11) is 0. The summed E-state index contributed by atoms with van der Waals surface area (Å²) in [5.74, 6) is -0.316. The van der Waals surface area contributed by atoms with Crippen LogP contribution in [0.25, 0.3) is 16.3 Å². The number of carbonyl (C=O) groups is 1. The van der Waals surface area contributed by atoms with E-state index in [4.69, 9.17) is 4.84 Å². The van der Waals surface area contributed by atoms with Crippen molar-refractivity contribution in [3.05, 3.63) is 59.1 Å². The number of nitrogens with one attached hydrogen (secondary N) is 1. The molecule has 0 radical (unpaired) electrons. The fourth-order valence-electron chi connectivity index (χ4n) is 2.23. The maximum atomic E-state index is 12.4. The van der Waals surface area contributed by atoms with Crippen LogP contribution in [0.1, 0.15) is 23.0 Å². The van der Waals surface area contributed by atoms with Crippen LogP contribution in [0.5, 0.6) is 0 Å². The Kier molecular flexibility index (Phi) is 4.55. The van der Waals surface area contributed by atoms with E-state index in [2.05, 4.69) is 10.6 Å². The van der Waals surface area contributed by atoms with Crippen molar-refractivity contribution in [1.82, 2.24) is 15.3 Å². The molecule has 1 N–H and O–H groups in total. The largest absolute Gasteiger partial charge is 0.293 e. The summed E-state index contributed by atoms with van der Waals surface area (Å²) < 4.78 is 1.65. The lowest BCUT2D eigenvalue weighted by molar-refractivity contribution is 0.0357. The predicted octanol–water partition coefficient (Wildman–Crippen LogP) is 3.59. The lowest BCUT2D eigenvalue weighted by Gasteiger charge is -2.08. The second-order valence-corrected chi connectivity index (χ2v) is 5.95. The number of thiophene rings is 1. The predicted molar refractivity (Wildman–Crippen MR) is 90.7 cm³/mol. The highest BCUT2D eigenvalue weighted by atomic mass is 32.1. The third-order valence-corrected chi connectivity index (χ3v) is 4.16. The van der Waals surface area contributed by atoms with Crippen molar-refractivity contribution in [3.8, 4) is 16.3 Å². The van der Waals surface area contributed by atoms with Gasteiger partial charge in [0.2, 0.25) is 0 Å². The van der Waals surface area contributed by atoms with Crippen molar-refractivity contribution in [2.45, 2.75) is 13.8 Å². The summed E-state index contributed by atoms with van der Waals surface area (Å²) >= 11 is 1.59. The van der Waals surface area contributed by atoms with Crippen molar-refractivity contribution in [2.24, 2.45) is 0 Å². The molecule has 6 heteroatoms. The number of carbonyl (C=O) groups excluding carboxylic acids is 1. The van der Waals surface area contributed by atoms with Crippen LogP contribution in [0, 0.1) is 6.92 Å². The molecule has 0 aliphatic heterocycles. The fraction of sp³-hybridized carbons (Fsp3) is 0.176. The van der Waals surface area contributed by atoms with E-state index >= 15 is 0 Å². The van der Waals surface area contributed by atoms with E-state index in [0.29, 0.717) is 12.3 Å². The maximum Gasteiger partial charge on any atom is 0.293 e. The Bertz CT molecular complexity index is 809. The zero-order valence-corrected chi connectivity index (χ0v) is 13.8. The van der Waals surface area contributed by atoms with Gasteiger partial charge in [-0.15, -0.1) is 11.3 Å². The lowest BCUT2D eigenvalue weighted by Crippen LogP contribution is -2.26. The molecule has 3 aromatic rings.